The number of hydrogen-bond donors (Lipinski definition) is 1. The number of carbonyl (C=O) groups excluding carboxylic acids is 1. The second-order valence-corrected chi connectivity index (χ2v) is 4.67. The molecule has 100 valence electrons. The van der Waals surface area contributed by atoms with Crippen LogP contribution in [-0.2, 0) is 4.79 Å². The van der Waals surface area contributed by atoms with Crippen LogP contribution in [0.4, 0.5) is 5.13 Å². The first-order valence-corrected chi connectivity index (χ1v) is 6.54. The molecular weight excluding hydrogens is 264 g/mol. The van der Waals surface area contributed by atoms with E-state index in [0.29, 0.717) is 16.6 Å². The van der Waals surface area contributed by atoms with Gasteiger partial charge in [0.1, 0.15) is 11.5 Å². The maximum Gasteiger partial charge on any atom is 0.264 e. The standard InChI is InChI=1S/C13H14N2O3S/c1-9-8-19-13(14-9)15-12(16)7-18-11-5-3-4-10(6-11)17-2/h3-6,8H,7H2,1-2H3,(H,14,15,16). The van der Waals surface area contributed by atoms with Gasteiger partial charge in [0.15, 0.2) is 11.7 Å². The first-order chi connectivity index (χ1) is 9.17. The average Bonchev–Trinajstić information content (AvgIpc) is 2.82. The molecule has 0 saturated heterocycles. The molecule has 1 N–H and O–H groups in total. The van der Waals surface area contributed by atoms with Gasteiger partial charge in [-0.15, -0.1) is 11.3 Å². The molecule has 5 nitrogen and oxygen atoms in total. The third kappa shape index (κ3) is 3.96. The smallest absolute Gasteiger partial charge is 0.264 e. The Morgan fingerprint density at radius 1 is 1.42 bits per heavy atom. The maximum absolute atomic E-state index is 11.6. The van der Waals surface area contributed by atoms with E-state index in [4.69, 9.17) is 9.47 Å². The number of thiazole rings is 1. The second kappa shape index (κ2) is 6.19. The summed E-state index contributed by atoms with van der Waals surface area (Å²) in [5.74, 6) is 1.04. The highest BCUT2D eigenvalue weighted by Crippen LogP contribution is 2.19. The zero-order chi connectivity index (χ0) is 13.7. The highest BCUT2D eigenvalue weighted by Gasteiger charge is 2.06. The molecule has 0 unspecified atom stereocenters. The largest absolute Gasteiger partial charge is 0.497 e. The van der Waals surface area contributed by atoms with Crippen LogP contribution in [0.25, 0.3) is 0 Å². The van der Waals surface area contributed by atoms with Gasteiger partial charge in [-0.05, 0) is 19.1 Å². The lowest BCUT2D eigenvalue weighted by molar-refractivity contribution is -0.118. The number of ether oxygens (including phenoxy) is 2. The number of nitrogens with one attached hydrogen (secondary N) is 1. The molecule has 0 saturated carbocycles. The molecule has 0 radical (unpaired) electrons. The Labute approximate surface area is 115 Å². The van der Waals surface area contributed by atoms with Crippen molar-refractivity contribution in [1.29, 1.82) is 0 Å². The summed E-state index contributed by atoms with van der Waals surface area (Å²) in [7, 11) is 1.58. The van der Waals surface area contributed by atoms with Crippen molar-refractivity contribution in [3.8, 4) is 11.5 Å². The van der Waals surface area contributed by atoms with E-state index in [2.05, 4.69) is 10.3 Å². The van der Waals surface area contributed by atoms with Crippen LogP contribution in [0.2, 0.25) is 0 Å². The van der Waals surface area contributed by atoms with Gasteiger partial charge in [-0.3, -0.25) is 10.1 Å². The minimum atomic E-state index is -0.239. The second-order valence-electron chi connectivity index (χ2n) is 3.81. The van der Waals surface area contributed by atoms with Gasteiger partial charge in [0, 0.05) is 11.4 Å². The normalized spacial score (nSPS) is 10.0. The van der Waals surface area contributed by atoms with Crippen LogP contribution in [0.3, 0.4) is 0 Å². The number of amides is 1. The number of hydrogen-bond acceptors (Lipinski definition) is 5. The van der Waals surface area contributed by atoms with Crippen molar-refractivity contribution in [1.82, 2.24) is 4.98 Å². The molecule has 6 heteroatoms. The molecule has 1 aromatic carbocycles. The number of nitrogens with zero attached hydrogens (tertiary/aromatic N) is 1. The third-order valence-electron chi connectivity index (χ3n) is 2.28. The van der Waals surface area contributed by atoms with E-state index in [1.54, 1.807) is 25.3 Å². The maximum atomic E-state index is 11.6. The molecule has 0 aliphatic rings. The summed E-state index contributed by atoms with van der Waals surface area (Å²) >= 11 is 1.39. The number of aromatic nitrogens is 1. The predicted molar refractivity (Wildman–Crippen MR) is 74.0 cm³/mol. The zero-order valence-corrected chi connectivity index (χ0v) is 11.5. The molecule has 1 aromatic heterocycles. The van der Waals surface area contributed by atoms with E-state index in [1.807, 2.05) is 18.4 Å². The summed E-state index contributed by atoms with van der Waals surface area (Å²) in [5, 5.41) is 5.13. The molecule has 0 aliphatic heterocycles. The fourth-order valence-electron chi connectivity index (χ4n) is 1.41. The molecule has 0 fully saturated rings. The lowest BCUT2D eigenvalue weighted by Gasteiger charge is -2.07. The molecule has 0 aliphatic carbocycles. The van der Waals surface area contributed by atoms with Crippen molar-refractivity contribution in [2.75, 3.05) is 19.0 Å². The monoisotopic (exact) mass is 278 g/mol. The van der Waals surface area contributed by atoms with Crippen LogP contribution < -0.4 is 14.8 Å². The molecule has 2 aromatic rings. The van der Waals surface area contributed by atoms with Crippen molar-refractivity contribution in [3.05, 3.63) is 35.3 Å². The van der Waals surface area contributed by atoms with Crippen LogP contribution in [-0.4, -0.2) is 24.6 Å². The fraction of sp³-hybridized carbons (Fsp3) is 0.231. The van der Waals surface area contributed by atoms with Crippen LogP contribution in [0.1, 0.15) is 5.69 Å². The van der Waals surface area contributed by atoms with E-state index in [0.717, 1.165) is 5.69 Å². The Bertz CT molecular complexity index is 569. The Hall–Kier alpha value is -2.08. The van der Waals surface area contributed by atoms with E-state index in [-0.39, 0.29) is 12.5 Å². The van der Waals surface area contributed by atoms with Gasteiger partial charge in [0.2, 0.25) is 0 Å². The molecular formula is C13H14N2O3S. The highest BCUT2D eigenvalue weighted by molar-refractivity contribution is 7.13. The molecule has 1 amide bonds. The number of benzene rings is 1. The summed E-state index contributed by atoms with van der Waals surface area (Å²) in [6.07, 6.45) is 0. The first-order valence-electron chi connectivity index (χ1n) is 5.66. The van der Waals surface area contributed by atoms with E-state index < -0.39 is 0 Å². The van der Waals surface area contributed by atoms with E-state index in [9.17, 15) is 4.79 Å². The minimum absolute atomic E-state index is 0.0637. The number of aryl methyl sites for hydroxylation is 1. The zero-order valence-electron chi connectivity index (χ0n) is 10.7. The van der Waals surface area contributed by atoms with Gasteiger partial charge in [-0.2, -0.15) is 0 Å². The topological polar surface area (TPSA) is 60.5 Å². The van der Waals surface area contributed by atoms with Crippen LogP contribution >= 0.6 is 11.3 Å². The predicted octanol–water partition coefficient (Wildman–Crippen LogP) is 2.48. The quantitative estimate of drug-likeness (QED) is 0.912. The Balaban J connectivity index is 1.86. The summed E-state index contributed by atoms with van der Waals surface area (Å²) in [5.41, 5.74) is 0.883. The molecule has 0 bridgehead atoms. The van der Waals surface area contributed by atoms with Crippen molar-refractivity contribution in [2.45, 2.75) is 6.92 Å². The molecule has 2 rings (SSSR count). The Morgan fingerprint density at radius 2 is 2.21 bits per heavy atom. The van der Waals surface area contributed by atoms with Gasteiger partial charge in [-0.1, -0.05) is 6.07 Å². The number of anilines is 1. The van der Waals surface area contributed by atoms with Gasteiger partial charge in [0.05, 0.1) is 12.8 Å². The average molecular weight is 278 g/mol. The lowest BCUT2D eigenvalue weighted by Crippen LogP contribution is -2.20. The number of methoxy groups -OCH3 is 1. The van der Waals surface area contributed by atoms with Crippen LogP contribution in [0.15, 0.2) is 29.6 Å². The van der Waals surface area contributed by atoms with Crippen molar-refractivity contribution in [2.24, 2.45) is 0 Å². The van der Waals surface area contributed by atoms with Gasteiger partial charge < -0.3 is 9.47 Å². The fourth-order valence-corrected chi connectivity index (χ4v) is 2.11. The molecule has 1 heterocycles. The van der Waals surface area contributed by atoms with Gasteiger partial charge in [0.25, 0.3) is 5.91 Å². The molecule has 0 spiro atoms. The van der Waals surface area contributed by atoms with Crippen LogP contribution in [0, 0.1) is 6.92 Å². The third-order valence-corrected chi connectivity index (χ3v) is 3.15. The summed E-state index contributed by atoms with van der Waals surface area (Å²) in [6, 6.07) is 7.10. The van der Waals surface area contributed by atoms with E-state index in [1.165, 1.54) is 11.3 Å². The van der Waals surface area contributed by atoms with Crippen molar-refractivity contribution >= 4 is 22.4 Å². The Morgan fingerprint density at radius 3 is 2.89 bits per heavy atom. The summed E-state index contributed by atoms with van der Waals surface area (Å²) in [6.45, 7) is 1.81. The minimum Gasteiger partial charge on any atom is -0.497 e. The summed E-state index contributed by atoms with van der Waals surface area (Å²) < 4.78 is 10.4. The van der Waals surface area contributed by atoms with Gasteiger partial charge >= 0.3 is 0 Å². The first kappa shape index (κ1) is 13.4. The lowest BCUT2D eigenvalue weighted by atomic mass is 10.3. The molecule has 19 heavy (non-hydrogen) atoms. The number of rotatable bonds is 5. The van der Waals surface area contributed by atoms with Crippen molar-refractivity contribution < 1.29 is 14.3 Å². The van der Waals surface area contributed by atoms with Crippen molar-refractivity contribution in [3.63, 3.8) is 0 Å². The summed E-state index contributed by atoms with van der Waals surface area (Å²) in [4.78, 5) is 15.8. The SMILES string of the molecule is COc1cccc(OCC(=O)Nc2nc(C)cs2)c1. The molecule has 0 atom stereocenters. The highest BCUT2D eigenvalue weighted by atomic mass is 32.1. The van der Waals surface area contributed by atoms with Gasteiger partial charge in [-0.25, -0.2) is 4.98 Å². The Kier molecular flexibility index (Phi) is 4.35. The van der Waals surface area contributed by atoms with Crippen LogP contribution in [0.5, 0.6) is 11.5 Å². The number of carbonyl (C=O) groups is 1. The van der Waals surface area contributed by atoms with E-state index >= 15 is 0 Å².